The van der Waals surface area contributed by atoms with Gasteiger partial charge in [-0.3, -0.25) is 0 Å². The number of hydrogen-bond donors (Lipinski definition) is 1. The van der Waals surface area contributed by atoms with Crippen LogP contribution in [0.15, 0.2) is 12.4 Å². The number of rotatable bonds is 3. The second kappa shape index (κ2) is 3.14. The molecule has 1 N–H and O–H groups in total. The van der Waals surface area contributed by atoms with E-state index in [9.17, 15) is 0 Å². The predicted molar refractivity (Wildman–Crippen MR) is 52.9 cm³/mol. The Kier molecular flexibility index (Phi) is 2.12. The molecule has 2 rings (SSSR count). The molecule has 0 amide bonds. The van der Waals surface area contributed by atoms with Gasteiger partial charge < -0.3 is 5.32 Å². The molecule has 70 valence electrons. The van der Waals surface area contributed by atoms with Crippen LogP contribution in [0, 0.1) is 5.41 Å². The molecule has 1 fully saturated rings. The third-order valence-corrected chi connectivity index (χ3v) is 2.64. The van der Waals surface area contributed by atoms with Gasteiger partial charge in [-0.05, 0) is 18.3 Å². The SMILES string of the molecule is CC1(CNc2cc(Cl)ncn2)CC1. The van der Waals surface area contributed by atoms with Crippen LogP contribution >= 0.6 is 11.6 Å². The van der Waals surface area contributed by atoms with Crippen LogP contribution in [-0.2, 0) is 0 Å². The van der Waals surface area contributed by atoms with Gasteiger partial charge in [0.25, 0.3) is 0 Å². The molecule has 1 aliphatic rings. The Hall–Kier alpha value is -0.830. The lowest BCUT2D eigenvalue weighted by Crippen LogP contribution is -2.12. The summed E-state index contributed by atoms with van der Waals surface area (Å²) in [4.78, 5) is 7.88. The molecule has 1 heterocycles. The van der Waals surface area contributed by atoms with E-state index in [2.05, 4.69) is 22.2 Å². The maximum atomic E-state index is 5.72. The van der Waals surface area contributed by atoms with E-state index < -0.39 is 0 Å². The summed E-state index contributed by atoms with van der Waals surface area (Å²) in [5.74, 6) is 0.813. The lowest BCUT2D eigenvalue weighted by atomic mass is 10.1. The van der Waals surface area contributed by atoms with E-state index >= 15 is 0 Å². The minimum absolute atomic E-state index is 0.484. The Morgan fingerprint density at radius 1 is 1.54 bits per heavy atom. The lowest BCUT2D eigenvalue weighted by molar-refractivity contribution is 0.609. The second-order valence-electron chi connectivity index (χ2n) is 3.89. The van der Waals surface area contributed by atoms with Gasteiger partial charge in [-0.15, -0.1) is 0 Å². The van der Waals surface area contributed by atoms with Crippen LogP contribution in [0.1, 0.15) is 19.8 Å². The standard InChI is InChI=1S/C9H12ClN3/c1-9(2-3-9)5-11-8-4-7(10)12-6-13-8/h4,6H,2-3,5H2,1H3,(H,11,12,13). The molecule has 1 aliphatic carbocycles. The zero-order valence-electron chi connectivity index (χ0n) is 7.55. The van der Waals surface area contributed by atoms with Gasteiger partial charge in [0.15, 0.2) is 0 Å². The van der Waals surface area contributed by atoms with Crippen LogP contribution in [-0.4, -0.2) is 16.5 Å². The van der Waals surface area contributed by atoms with E-state index in [4.69, 9.17) is 11.6 Å². The van der Waals surface area contributed by atoms with Crippen molar-refractivity contribution in [2.45, 2.75) is 19.8 Å². The van der Waals surface area contributed by atoms with Crippen molar-refractivity contribution >= 4 is 17.4 Å². The molecule has 0 aliphatic heterocycles. The maximum absolute atomic E-state index is 5.72. The Morgan fingerprint density at radius 2 is 2.31 bits per heavy atom. The molecule has 0 radical (unpaired) electrons. The second-order valence-corrected chi connectivity index (χ2v) is 4.28. The molecule has 3 nitrogen and oxygen atoms in total. The lowest BCUT2D eigenvalue weighted by Gasteiger charge is -2.09. The topological polar surface area (TPSA) is 37.8 Å². The third-order valence-electron chi connectivity index (χ3n) is 2.43. The molecule has 0 unspecified atom stereocenters. The van der Waals surface area contributed by atoms with Gasteiger partial charge in [0.05, 0.1) is 0 Å². The normalized spacial score (nSPS) is 18.3. The van der Waals surface area contributed by atoms with Crippen LogP contribution in [0.2, 0.25) is 5.15 Å². The summed E-state index contributed by atoms with van der Waals surface area (Å²) in [6.45, 7) is 3.24. The summed E-state index contributed by atoms with van der Waals surface area (Å²) in [7, 11) is 0. The Bertz CT molecular complexity index is 309. The van der Waals surface area contributed by atoms with E-state index in [0.29, 0.717) is 10.6 Å². The molecule has 1 aromatic heterocycles. The van der Waals surface area contributed by atoms with Crippen LogP contribution in [0.25, 0.3) is 0 Å². The summed E-state index contributed by atoms with van der Waals surface area (Å²) in [6, 6.07) is 1.74. The van der Waals surface area contributed by atoms with Crippen molar-refractivity contribution < 1.29 is 0 Å². The van der Waals surface area contributed by atoms with Crippen molar-refractivity contribution in [1.29, 1.82) is 0 Å². The summed E-state index contributed by atoms with van der Waals surface area (Å²) >= 11 is 5.72. The first-order valence-electron chi connectivity index (χ1n) is 4.39. The maximum Gasteiger partial charge on any atom is 0.134 e. The smallest absolute Gasteiger partial charge is 0.134 e. The van der Waals surface area contributed by atoms with Crippen molar-refractivity contribution in [3.05, 3.63) is 17.5 Å². The summed E-state index contributed by atoms with van der Waals surface area (Å²) in [5.41, 5.74) is 0.484. The molecule has 0 aromatic carbocycles. The fourth-order valence-electron chi connectivity index (χ4n) is 1.12. The van der Waals surface area contributed by atoms with Crippen molar-refractivity contribution in [2.24, 2.45) is 5.41 Å². The average Bonchev–Trinajstić information content (AvgIpc) is 2.82. The minimum Gasteiger partial charge on any atom is -0.369 e. The highest BCUT2D eigenvalue weighted by Gasteiger charge is 2.36. The minimum atomic E-state index is 0.484. The Balaban J connectivity index is 1.94. The molecule has 13 heavy (non-hydrogen) atoms. The Morgan fingerprint density at radius 3 is 2.92 bits per heavy atom. The van der Waals surface area contributed by atoms with E-state index in [1.807, 2.05) is 0 Å². The predicted octanol–water partition coefficient (Wildman–Crippen LogP) is 2.34. The summed E-state index contributed by atoms with van der Waals surface area (Å²) in [5, 5.41) is 3.74. The molecular formula is C9H12ClN3. The highest BCUT2D eigenvalue weighted by Crippen LogP contribution is 2.44. The van der Waals surface area contributed by atoms with Gasteiger partial charge in [-0.1, -0.05) is 18.5 Å². The monoisotopic (exact) mass is 197 g/mol. The highest BCUT2D eigenvalue weighted by atomic mass is 35.5. The van der Waals surface area contributed by atoms with Gasteiger partial charge in [0.1, 0.15) is 17.3 Å². The molecule has 0 spiro atoms. The molecule has 0 bridgehead atoms. The van der Waals surface area contributed by atoms with E-state index in [1.165, 1.54) is 19.2 Å². The first kappa shape index (κ1) is 8.75. The number of hydrogen-bond acceptors (Lipinski definition) is 3. The Labute approximate surface area is 82.5 Å². The first-order valence-corrected chi connectivity index (χ1v) is 4.77. The fourth-order valence-corrected chi connectivity index (χ4v) is 1.27. The van der Waals surface area contributed by atoms with Crippen molar-refractivity contribution in [3.63, 3.8) is 0 Å². The van der Waals surface area contributed by atoms with Gasteiger partial charge in [-0.25, -0.2) is 9.97 Å². The number of aromatic nitrogens is 2. The van der Waals surface area contributed by atoms with Crippen molar-refractivity contribution in [1.82, 2.24) is 9.97 Å². The van der Waals surface area contributed by atoms with Crippen LogP contribution < -0.4 is 5.32 Å². The zero-order valence-corrected chi connectivity index (χ0v) is 8.30. The van der Waals surface area contributed by atoms with Gasteiger partial charge in [-0.2, -0.15) is 0 Å². The van der Waals surface area contributed by atoms with Crippen LogP contribution in [0.5, 0.6) is 0 Å². The molecule has 4 heteroatoms. The molecular weight excluding hydrogens is 186 g/mol. The number of halogens is 1. The first-order chi connectivity index (χ1) is 6.18. The number of anilines is 1. The number of nitrogens with zero attached hydrogens (tertiary/aromatic N) is 2. The van der Waals surface area contributed by atoms with Gasteiger partial charge >= 0.3 is 0 Å². The van der Waals surface area contributed by atoms with Crippen molar-refractivity contribution in [2.75, 3.05) is 11.9 Å². The van der Waals surface area contributed by atoms with Crippen molar-refractivity contribution in [3.8, 4) is 0 Å². The molecule has 1 aromatic rings. The summed E-state index contributed by atoms with van der Waals surface area (Å²) in [6.07, 6.45) is 4.08. The van der Waals surface area contributed by atoms with Gasteiger partial charge in [0, 0.05) is 12.6 Å². The molecule has 1 saturated carbocycles. The number of nitrogens with one attached hydrogen (secondary N) is 1. The van der Waals surface area contributed by atoms with E-state index in [0.717, 1.165) is 12.4 Å². The van der Waals surface area contributed by atoms with E-state index in [-0.39, 0.29) is 0 Å². The van der Waals surface area contributed by atoms with E-state index in [1.54, 1.807) is 6.07 Å². The summed E-state index contributed by atoms with van der Waals surface area (Å²) < 4.78 is 0. The fraction of sp³-hybridized carbons (Fsp3) is 0.556. The third kappa shape index (κ3) is 2.31. The molecule has 0 saturated heterocycles. The highest BCUT2D eigenvalue weighted by molar-refractivity contribution is 6.29. The average molecular weight is 198 g/mol. The van der Waals surface area contributed by atoms with Crippen LogP contribution in [0.4, 0.5) is 5.82 Å². The van der Waals surface area contributed by atoms with Gasteiger partial charge in [0.2, 0.25) is 0 Å². The molecule has 0 atom stereocenters. The quantitative estimate of drug-likeness (QED) is 0.756. The zero-order chi connectivity index (χ0) is 9.31. The van der Waals surface area contributed by atoms with Crippen LogP contribution in [0.3, 0.4) is 0 Å². The largest absolute Gasteiger partial charge is 0.369 e.